The molecule has 3 N–H and O–H groups in total. The molecule has 0 spiro atoms. The lowest BCUT2D eigenvalue weighted by Gasteiger charge is -2.11. The van der Waals surface area contributed by atoms with Gasteiger partial charge in [-0.3, -0.25) is 4.79 Å². The number of alkyl halides is 3. The summed E-state index contributed by atoms with van der Waals surface area (Å²) in [5.41, 5.74) is 5.62. The largest absolute Gasteiger partial charge is 0.573 e. The molecule has 0 radical (unpaired) electrons. The molecule has 5 nitrogen and oxygen atoms in total. The van der Waals surface area contributed by atoms with Crippen molar-refractivity contribution in [2.75, 3.05) is 4.72 Å². The predicted octanol–water partition coefficient (Wildman–Crippen LogP) is 2.82. The van der Waals surface area contributed by atoms with E-state index in [1.54, 1.807) is 12.1 Å². The summed E-state index contributed by atoms with van der Waals surface area (Å²) >= 11 is 0. The first kappa shape index (κ1) is 16.8. The molecule has 0 fully saturated rings. The van der Waals surface area contributed by atoms with Gasteiger partial charge in [0.25, 0.3) is 5.91 Å². The minimum absolute atomic E-state index is 0.151. The van der Waals surface area contributed by atoms with E-state index in [0.717, 1.165) is 12.1 Å². The monoisotopic (exact) mass is 344 g/mol. The third-order valence-corrected chi connectivity index (χ3v) is 3.77. The summed E-state index contributed by atoms with van der Waals surface area (Å²) < 4.78 is 54.7. The molecule has 2 aromatic rings. The normalized spacial score (nSPS) is 12.5. The molecule has 1 atom stereocenters. The average molecular weight is 344 g/mol. The molecule has 1 unspecified atom stereocenters. The Morgan fingerprint density at radius 3 is 2.26 bits per heavy atom. The highest BCUT2D eigenvalue weighted by Gasteiger charge is 2.31. The number of carbonyl (C=O) groups is 1. The van der Waals surface area contributed by atoms with Crippen LogP contribution in [0, 0.1) is 0 Å². The Hall–Kier alpha value is -2.55. The highest BCUT2D eigenvalue weighted by atomic mass is 32.2. The standard InChI is InChI=1S/C14H11F3N2O3S/c15-14(16,17)22-9-5-7-10(8-6-9)23(21)19-12-4-2-1-3-11(12)13(18)20/h1-8,19H,(H2,18,20). The minimum atomic E-state index is -4.79. The van der Waals surface area contributed by atoms with E-state index in [9.17, 15) is 22.2 Å². The highest BCUT2D eigenvalue weighted by molar-refractivity contribution is 7.86. The first-order valence-corrected chi connectivity index (χ1v) is 7.34. The molecule has 23 heavy (non-hydrogen) atoms. The number of primary amides is 1. The van der Waals surface area contributed by atoms with E-state index in [0.29, 0.717) is 0 Å². The number of benzene rings is 2. The number of carbonyl (C=O) groups excluding carboxylic acids is 1. The van der Waals surface area contributed by atoms with Gasteiger partial charge in [-0.1, -0.05) is 12.1 Å². The number of nitrogens with two attached hydrogens (primary N) is 1. The summed E-state index contributed by atoms with van der Waals surface area (Å²) in [6.07, 6.45) is -4.79. The minimum Gasteiger partial charge on any atom is -0.406 e. The lowest BCUT2D eigenvalue weighted by Crippen LogP contribution is -2.17. The van der Waals surface area contributed by atoms with Gasteiger partial charge >= 0.3 is 6.36 Å². The summed E-state index contributed by atoms with van der Waals surface area (Å²) in [4.78, 5) is 11.5. The van der Waals surface area contributed by atoms with Crippen LogP contribution in [0.3, 0.4) is 0 Å². The van der Waals surface area contributed by atoms with Crippen molar-refractivity contribution in [2.24, 2.45) is 5.73 Å². The number of anilines is 1. The van der Waals surface area contributed by atoms with Crippen LogP contribution in [0.4, 0.5) is 18.9 Å². The summed E-state index contributed by atoms with van der Waals surface area (Å²) in [6.45, 7) is 0. The first-order chi connectivity index (χ1) is 10.8. The maximum absolute atomic E-state index is 12.2. The van der Waals surface area contributed by atoms with Crippen molar-refractivity contribution in [3.63, 3.8) is 0 Å². The van der Waals surface area contributed by atoms with Crippen LogP contribution >= 0.6 is 0 Å². The summed E-state index contributed by atoms with van der Waals surface area (Å²) in [7, 11) is -1.79. The number of halogens is 3. The van der Waals surface area contributed by atoms with Crippen LogP contribution in [0.15, 0.2) is 53.4 Å². The molecular weight excluding hydrogens is 333 g/mol. The van der Waals surface area contributed by atoms with Gasteiger partial charge in [0.05, 0.1) is 16.1 Å². The Balaban J connectivity index is 2.14. The van der Waals surface area contributed by atoms with Crippen LogP contribution in [-0.2, 0) is 11.0 Å². The molecule has 2 rings (SSSR count). The molecule has 0 aromatic heterocycles. The first-order valence-electron chi connectivity index (χ1n) is 6.19. The van der Waals surface area contributed by atoms with Gasteiger partial charge in [-0.05, 0) is 36.4 Å². The molecule has 0 aliphatic carbocycles. The predicted molar refractivity (Wildman–Crippen MR) is 78.1 cm³/mol. The summed E-state index contributed by atoms with van der Waals surface area (Å²) in [5.74, 6) is -1.12. The van der Waals surface area contributed by atoms with Crippen molar-refractivity contribution < 1.29 is 26.9 Å². The Morgan fingerprint density at radius 2 is 1.70 bits per heavy atom. The molecule has 0 saturated heterocycles. The number of nitrogens with one attached hydrogen (secondary N) is 1. The molecule has 1 amide bonds. The number of rotatable bonds is 5. The maximum Gasteiger partial charge on any atom is 0.573 e. The maximum atomic E-state index is 12.2. The van der Waals surface area contributed by atoms with Crippen molar-refractivity contribution in [3.05, 3.63) is 54.1 Å². The highest BCUT2D eigenvalue weighted by Crippen LogP contribution is 2.24. The van der Waals surface area contributed by atoms with Gasteiger partial charge in [0.1, 0.15) is 16.7 Å². The van der Waals surface area contributed by atoms with E-state index in [4.69, 9.17) is 5.73 Å². The van der Waals surface area contributed by atoms with E-state index in [-0.39, 0.29) is 16.1 Å². The van der Waals surface area contributed by atoms with Crippen LogP contribution in [0.2, 0.25) is 0 Å². The fraction of sp³-hybridized carbons (Fsp3) is 0.0714. The number of hydrogen-bond donors (Lipinski definition) is 2. The summed E-state index contributed by atoms with van der Waals surface area (Å²) in [5, 5.41) is 0. The lowest BCUT2D eigenvalue weighted by atomic mass is 10.2. The molecule has 0 aliphatic heterocycles. The van der Waals surface area contributed by atoms with Crippen molar-refractivity contribution in [2.45, 2.75) is 11.3 Å². The van der Waals surface area contributed by atoms with Crippen LogP contribution in [0.1, 0.15) is 10.4 Å². The van der Waals surface area contributed by atoms with Crippen molar-refractivity contribution >= 4 is 22.6 Å². The van der Waals surface area contributed by atoms with Crippen LogP contribution in [-0.4, -0.2) is 16.5 Å². The second kappa shape index (κ2) is 6.69. The Morgan fingerprint density at radius 1 is 1.09 bits per heavy atom. The van der Waals surface area contributed by atoms with Gasteiger partial charge in [-0.15, -0.1) is 13.2 Å². The zero-order chi connectivity index (χ0) is 17.0. The van der Waals surface area contributed by atoms with Gasteiger partial charge in [0.15, 0.2) is 0 Å². The van der Waals surface area contributed by atoms with Crippen molar-refractivity contribution in [1.29, 1.82) is 0 Å². The van der Waals surface area contributed by atoms with Gasteiger partial charge < -0.3 is 15.2 Å². The van der Waals surface area contributed by atoms with Gasteiger partial charge in [0, 0.05) is 0 Å². The Labute approximate surface area is 131 Å². The molecular formula is C14H11F3N2O3S. The molecule has 2 aromatic carbocycles. The van der Waals surface area contributed by atoms with E-state index < -0.39 is 29.0 Å². The molecule has 0 bridgehead atoms. The van der Waals surface area contributed by atoms with Crippen LogP contribution < -0.4 is 15.2 Å². The second-order valence-electron chi connectivity index (χ2n) is 4.30. The number of hydrogen-bond acceptors (Lipinski definition) is 3. The smallest absolute Gasteiger partial charge is 0.406 e. The third-order valence-electron chi connectivity index (χ3n) is 2.67. The average Bonchev–Trinajstić information content (AvgIpc) is 2.46. The molecule has 0 saturated carbocycles. The van der Waals surface area contributed by atoms with Crippen molar-refractivity contribution in [3.8, 4) is 5.75 Å². The quantitative estimate of drug-likeness (QED) is 0.875. The SMILES string of the molecule is NC(=O)c1ccccc1NS(=O)c1ccc(OC(F)(F)F)cc1. The molecule has 9 heteroatoms. The molecule has 0 aliphatic rings. The number of para-hydroxylation sites is 1. The Kier molecular flexibility index (Phi) is 4.89. The zero-order valence-corrected chi connectivity index (χ0v) is 12.3. The molecule has 122 valence electrons. The van der Waals surface area contributed by atoms with E-state index in [1.165, 1.54) is 24.3 Å². The Bertz CT molecular complexity index is 733. The van der Waals surface area contributed by atoms with E-state index in [1.807, 2.05) is 0 Å². The number of ether oxygens (including phenoxy) is 1. The summed E-state index contributed by atoms with van der Waals surface area (Å²) in [6, 6.07) is 10.7. The second-order valence-corrected chi connectivity index (χ2v) is 5.51. The van der Waals surface area contributed by atoms with Gasteiger partial charge in [0.2, 0.25) is 0 Å². The van der Waals surface area contributed by atoms with E-state index in [2.05, 4.69) is 9.46 Å². The van der Waals surface area contributed by atoms with Gasteiger partial charge in [-0.25, -0.2) is 4.21 Å². The van der Waals surface area contributed by atoms with Gasteiger partial charge in [-0.2, -0.15) is 0 Å². The van der Waals surface area contributed by atoms with E-state index >= 15 is 0 Å². The third kappa shape index (κ3) is 4.71. The molecule has 0 heterocycles. The van der Waals surface area contributed by atoms with Crippen LogP contribution in [0.5, 0.6) is 5.75 Å². The zero-order valence-electron chi connectivity index (χ0n) is 11.5. The number of amides is 1. The fourth-order valence-electron chi connectivity index (χ4n) is 1.71. The topological polar surface area (TPSA) is 81.4 Å². The lowest BCUT2D eigenvalue weighted by molar-refractivity contribution is -0.274. The fourth-order valence-corrected chi connectivity index (χ4v) is 2.59. The van der Waals surface area contributed by atoms with Crippen LogP contribution in [0.25, 0.3) is 0 Å². The van der Waals surface area contributed by atoms with Crippen molar-refractivity contribution in [1.82, 2.24) is 0 Å².